The van der Waals surface area contributed by atoms with Crippen LogP contribution in [0.5, 0.6) is 5.75 Å². The average molecular weight is 264 g/mol. The van der Waals surface area contributed by atoms with Gasteiger partial charge >= 0.3 is 0 Å². The number of aliphatic hydroxyl groups is 1. The van der Waals surface area contributed by atoms with E-state index in [0.717, 1.165) is 24.3 Å². The summed E-state index contributed by atoms with van der Waals surface area (Å²) in [6, 6.07) is 6.29. The molecule has 1 aliphatic rings. The molecule has 0 bridgehead atoms. The molecule has 0 aliphatic carbocycles. The minimum atomic E-state index is -0.440. The lowest BCUT2D eigenvalue weighted by Gasteiger charge is -2.19. The van der Waals surface area contributed by atoms with Gasteiger partial charge in [-0.2, -0.15) is 0 Å². The SMILES string of the molecule is Cc1ccc(C(C)C)cc1OCC(O)C1CCOC1. The summed E-state index contributed by atoms with van der Waals surface area (Å²) in [5.74, 6) is 1.58. The van der Waals surface area contributed by atoms with Gasteiger partial charge in [-0.05, 0) is 36.5 Å². The molecule has 1 aromatic rings. The number of aryl methyl sites for hydroxylation is 1. The van der Waals surface area contributed by atoms with E-state index in [1.807, 2.05) is 6.92 Å². The van der Waals surface area contributed by atoms with Gasteiger partial charge in [0.1, 0.15) is 12.4 Å². The molecule has 19 heavy (non-hydrogen) atoms. The summed E-state index contributed by atoms with van der Waals surface area (Å²) < 4.78 is 11.1. The highest BCUT2D eigenvalue weighted by Gasteiger charge is 2.24. The Morgan fingerprint density at radius 2 is 2.21 bits per heavy atom. The zero-order valence-electron chi connectivity index (χ0n) is 12.1. The third kappa shape index (κ3) is 3.71. The van der Waals surface area contributed by atoms with Crippen molar-refractivity contribution < 1.29 is 14.6 Å². The Labute approximate surface area is 115 Å². The van der Waals surface area contributed by atoms with Crippen LogP contribution in [0.25, 0.3) is 0 Å². The van der Waals surface area contributed by atoms with Gasteiger partial charge in [0.2, 0.25) is 0 Å². The van der Waals surface area contributed by atoms with Crippen molar-refractivity contribution in [1.82, 2.24) is 0 Å². The van der Waals surface area contributed by atoms with Gasteiger partial charge in [0, 0.05) is 12.5 Å². The van der Waals surface area contributed by atoms with Gasteiger partial charge in [-0.25, -0.2) is 0 Å². The zero-order chi connectivity index (χ0) is 13.8. The lowest BCUT2D eigenvalue weighted by Crippen LogP contribution is -2.27. The third-order valence-electron chi connectivity index (χ3n) is 3.80. The van der Waals surface area contributed by atoms with Crippen molar-refractivity contribution in [1.29, 1.82) is 0 Å². The van der Waals surface area contributed by atoms with Crippen LogP contribution in [0.3, 0.4) is 0 Å². The summed E-state index contributed by atoms with van der Waals surface area (Å²) in [5.41, 5.74) is 2.37. The Bertz CT molecular complexity index is 408. The van der Waals surface area contributed by atoms with Crippen molar-refractivity contribution >= 4 is 0 Å². The molecule has 1 heterocycles. The van der Waals surface area contributed by atoms with Gasteiger partial charge in [-0.3, -0.25) is 0 Å². The Kier molecular flexibility index (Phi) is 4.83. The largest absolute Gasteiger partial charge is 0.491 e. The second-order valence-electron chi connectivity index (χ2n) is 5.68. The molecule has 1 aromatic carbocycles. The van der Waals surface area contributed by atoms with Crippen LogP contribution < -0.4 is 4.74 Å². The van der Waals surface area contributed by atoms with Gasteiger partial charge in [0.25, 0.3) is 0 Å². The Hall–Kier alpha value is -1.06. The van der Waals surface area contributed by atoms with E-state index in [1.54, 1.807) is 0 Å². The summed E-state index contributed by atoms with van der Waals surface area (Å²) in [6.45, 7) is 8.11. The first-order valence-electron chi connectivity index (χ1n) is 7.07. The molecule has 1 N–H and O–H groups in total. The van der Waals surface area contributed by atoms with E-state index >= 15 is 0 Å². The van der Waals surface area contributed by atoms with E-state index < -0.39 is 6.10 Å². The molecule has 1 aliphatic heterocycles. The average Bonchev–Trinajstić information content (AvgIpc) is 2.91. The summed E-state index contributed by atoms with van der Waals surface area (Å²) in [5, 5.41) is 10.1. The van der Waals surface area contributed by atoms with Crippen LogP contribution in [0.2, 0.25) is 0 Å². The molecule has 2 atom stereocenters. The van der Waals surface area contributed by atoms with E-state index in [1.165, 1.54) is 5.56 Å². The first-order chi connectivity index (χ1) is 9.08. The third-order valence-corrected chi connectivity index (χ3v) is 3.80. The van der Waals surface area contributed by atoms with Crippen molar-refractivity contribution in [3.8, 4) is 5.75 Å². The predicted octanol–water partition coefficient (Wildman–Crippen LogP) is 2.89. The molecule has 3 nitrogen and oxygen atoms in total. The van der Waals surface area contributed by atoms with E-state index in [2.05, 4.69) is 32.0 Å². The second-order valence-corrected chi connectivity index (χ2v) is 5.68. The standard InChI is InChI=1S/C16H24O3/c1-11(2)13-5-4-12(3)16(8-13)19-10-15(17)14-6-7-18-9-14/h4-5,8,11,14-15,17H,6-7,9-10H2,1-3H3. The number of ether oxygens (including phenoxy) is 2. The fourth-order valence-electron chi connectivity index (χ4n) is 2.30. The first kappa shape index (κ1) is 14.4. The molecule has 2 unspecified atom stereocenters. The quantitative estimate of drug-likeness (QED) is 0.888. The van der Waals surface area contributed by atoms with Crippen molar-refractivity contribution in [2.24, 2.45) is 5.92 Å². The fourth-order valence-corrected chi connectivity index (χ4v) is 2.30. The summed E-state index contributed by atoms with van der Waals surface area (Å²) >= 11 is 0. The summed E-state index contributed by atoms with van der Waals surface area (Å²) in [4.78, 5) is 0. The van der Waals surface area contributed by atoms with Crippen molar-refractivity contribution in [2.75, 3.05) is 19.8 Å². The van der Waals surface area contributed by atoms with E-state index in [9.17, 15) is 5.11 Å². The van der Waals surface area contributed by atoms with Crippen molar-refractivity contribution in [3.05, 3.63) is 29.3 Å². The molecule has 1 fully saturated rings. The number of benzene rings is 1. The molecular weight excluding hydrogens is 240 g/mol. The molecule has 106 valence electrons. The molecule has 0 saturated carbocycles. The lowest BCUT2D eigenvalue weighted by molar-refractivity contribution is 0.0497. The van der Waals surface area contributed by atoms with Crippen molar-refractivity contribution in [3.63, 3.8) is 0 Å². The molecular formula is C16H24O3. The number of rotatable bonds is 5. The molecule has 1 saturated heterocycles. The normalized spacial score (nSPS) is 20.8. The fraction of sp³-hybridized carbons (Fsp3) is 0.625. The highest BCUT2D eigenvalue weighted by Crippen LogP contribution is 2.25. The minimum absolute atomic E-state index is 0.216. The molecule has 0 aromatic heterocycles. The Balaban J connectivity index is 1.96. The lowest BCUT2D eigenvalue weighted by atomic mass is 10.0. The Morgan fingerprint density at radius 1 is 1.42 bits per heavy atom. The van der Waals surface area contributed by atoms with Gasteiger partial charge in [0.15, 0.2) is 0 Å². The van der Waals surface area contributed by atoms with Crippen LogP contribution in [0.1, 0.15) is 37.3 Å². The Morgan fingerprint density at radius 3 is 2.84 bits per heavy atom. The maximum Gasteiger partial charge on any atom is 0.122 e. The van der Waals surface area contributed by atoms with Crippen LogP contribution in [-0.2, 0) is 4.74 Å². The van der Waals surface area contributed by atoms with Gasteiger partial charge in [-0.1, -0.05) is 26.0 Å². The van der Waals surface area contributed by atoms with Gasteiger partial charge in [-0.15, -0.1) is 0 Å². The van der Waals surface area contributed by atoms with Crippen molar-refractivity contribution in [2.45, 2.75) is 39.2 Å². The molecule has 0 amide bonds. The smallest absolute Gasteiger partial charge is 0.122 e. The van der Waals surface area contributed by atoms with E-state index in [-0.39, 0.29) is 5.92 Å². The number of aliphatic hydroxyl groups excluding tert-OH is 1. The molecule has 0 spiro atoms. The van der Waals surface area contributed by atoms with Crippen LogP contribution in [0.4, 0.5) is 0 Å². The predicted molar refractivity (Wildman–Crippen MR) is 75.7 cm³/mol. The summed E-state index contributed by atoms with van der Waals surface area (Å²) in [6.07, 6.45) is 0.486. The molecule has 3 heteroatoms. The maximum absolute atomic E-state index is 10.1. The number of hydrogen-bond acceptors (Lipinski definition) is 3. The highest BCUT2D eigenvalue weighted by molar-refractivity contribution is 5.37. The van der Waals surface area contributed by atoms with E-state index in [0.29, 0.717) is 19.1 Å². The maximum atomic E-state index is 10.1. The highest BCUT2D eigenvalue weighted by atomic mass is 16.5. The van der Waals surface area contributed by atoms with E-state index in [4.69, 9.17) is 9.47 Å². The molecule has 0 radical (unpaired) electrons. The van der Waals surface area contributed by atoms with Crippen LogP contribution in [0, 0.1) is 12.8 Å². The van der Waals surface area contributed by atoms with Crippen LogP contribution >= 0.6 is 0 Å². The topological polar surface area (TPSA) is 38.7 Å². The summed E-state index contributed by atoms with van der Waals surface area (Å²) in [7, 11) is 0. The monoisotopic (exact) mass is 264 g/mol. The number of hydrogen-bond donors (Lipinski definition) is 1. The zero-order valence-corrected chi connectivity index (χ0v) is 12.1. The van der Waals surface area contributed by atoms with Crippen LogP contribution in [-0.4, -0.2) is 31.0 Å². The van der Waals surface area contributed by atoms with Gasteiger partial charge < -0.3 is 14.6 Å². The van der Waals surface area contributed by atoms with Gasteiger partial charge in [0.05, 0.1) is 12.7 Å². The molecule has 2 rings (SSSR count). The second kappa shape index (κ2) is 6.40. The minimum Gasteiger partial charge on any atom is -0.491 e. The first-order valence-corrected chi connectivity index (χ1v) is 7.07. The van der Waals surface area contributed by atoms with Crippen LogP contribution in [0.15, 0.2) is 18.2 Å².